The number of nitrogens with one attached hydrogen (secondary N) is 2. The van der Waals surface area contributed by atoms with Gasteiger partial charge in [0, 0.05) is 74.4 Å². The van der Waals surface area contributed by atoms with E-state index in [0.29, 0.717) is 29.7 Å². The molecule has 10 nitrogen and oxygen atoms in total. The molecular weight excluding hydrogens is 448 g/mol. The lowest BCUT2D eigenvalue weighted by molar-refractivity contribution is -0.122. The molecule has 1 saturated heterocycles. The number of rotatable bonds is 3. The first kappa shape index (κ1) is 23.4. The van der Waals surface area contributed by atoms with E-state index in [2.05, 4.69) is 25.6 Å². The lowest BCUT2D eigenvalue weighted by Gasteiger charge is -2.31. The number of carboxylic acid groups (broad SMARTS) is 1. The largest absolute Gasteiger partial charge is 0.483 e. The highest BCUT2D eigenvalue weighted by Gasteiger charge is 2.30. The van der Waals surface area contributed by atoms with Crippen LogP contribution in [-0.4, -0.2) is 65.1 Å². The molecule has 3 N–H and O–H groups in total. The van der Waals surface area contributed by atoms with Crippen molar-refractivity contribution in [1.82, 2.24) is 20.1 Å². The van der Waals surface area contributed by atoms with Crippen molar-refractivity contribution >= 4 is 40.6 Å². The number of piperazine rings is 1. The average Bonchev–Trinajstić information content (AvgIpc) is 3.41. The van der Waals surface area contributed by atoms with Crippen LogP contribution in [0.2, 0.25) is 0 Å². The van der Waals surface area contributed by atoms with Crippen LogP contribution in [0.5, 0.6) is 0 Å². The van der Waals surface area contributed by atoms with Crippen LogP contribution < -0.4 is 20.4 Å². The molecule has 4 heterocycles. The third-order valence-corrected chi connectivity index (χ3v) is 5.82. The van der Waals surface area contributed by atoms with Crippen molar-refractivity contribution in [2.75, 3.05) is 47.8 Å². The SMILES string of the molecule is Cn1cc2cc(NC(=O)N3CCc4c(N5CCNCC5)ccnc43)c(C(F)F)cc2n1.O=CO. The summed E-state index contributed by atoms with van der Waals surface area (Å²) in [7, 11) is 1.73. The molecule has 0 saturated carbocycles. The summed E-state index contributed by atoms with van der Waals surface area (Å²) < 4.78 is 28.9. The maximum absolute atomic E-state index is 13.7. The number of hydrogen-bond acceptors (Lipinski definition) is 6. The molecular formula is C22H25F2N7O3. The van der Waals surface area contributed by atoms with Crippen LogP contribution in [0.25, 0.3) is 10.9 Å². The number of urea groups is 1. The second-order valence-corrected chi connectivity index (χ2v) is 7.91. The third-order valence-electron chi connectivity index (χ3n) is 5.82. The van der Waals surface area contributed by atoms with Gasteiger partial charge in [-0.15, -0.1) is 0 Å². The van der Waals surface area contributed by atoms with Crippen LogP contribution in [0, 0.1) is 0 Å². The van der Waals surface area contributed by atoms with Gasteiger partial charge >= 0.3 is 6.03 Å². The Morgan fingerprint density at radius 1 is 1.26 bits per heavy atom. The van der Waals surface area contributed by atoms with E-state index in [1.807, 2.05) is 6.07 Å². The van der Waals surface area contributed by atoms with Crippen LogP contribution in [-0.2, 0) is 18.3 Å². The van der Waals surface area contributed by atoms with Crippen LogP contribution in [0.15, 0.2) is 30.6 Å². The van der Waals surface area contributed by atoms with E-state index in [1.165, 1.54) is 11.0 Å². The zero-order valence-corrected chi connectivity index (χ0v) is 18.5. The highest BCUT2D eigenvalue weighted by molar-refractivity contribution is 6.04. The molecule has 0 atom stereocenters. The predicted octanol–water partition coefficient (Wildman–Crippen LogP) is 2.61. The van der Waals surface area contributed by atoms with E-state index in [4.69, 9.17) is 9.90 Å². The predicted molar refractivity (Wildman–Crippen MR) is 124 cm³/mol. The van der Waals surface area contributed by atoms with E-state index in [9.17, 15) is 13.6 Å². The standard InChI is InChI=1S/C21H23F2N7O.CH2O2/c1-28-12-13-10-17(15(19(22)23)11-16(13)27-28)26-21(31)30-7-3-14-18(2-4-25-20(14)30)29-8-5-24-6-9-29;2-1-3/h2,4,10-12,19,24H,3,5-9H2,1H3,(H,26,31);1H,(H,2,3). The van der Waals surface area contributed by atoms with E-state index in [1.54, 1.807) is 30.2 Å². The third kappa shape index (κ3) is 4.62. The molecule has 2 aliphatic heterocycles. The highest BCUT2D eigenvalue weighted by atomic mass is 19.3. The number of aryl methyl sites for hydroxylation is 1. The molecule has 1 fully saturated rings. The lowest BCUT2D eigenvalue weighted by atomic mass is 10.1. The van der Waals surface area contributed by atoms with Crippen molar-refractivity contribution in [1.29, 1.82) is 0 Å². The number of carbonyl (C=O) groups is 2. The first-order valence-electron chi connectivity index (χ1n) is 10.8. The fraction of sp³-hybridized carbons (Fsp3) is 0.364. The van der Waals surface area contributed by atoms with Gasteiger partial charge in [0.25, 0.3) is 12.9 Å². The minimum atomic E-state index is -2.73. The van der Waals surface area contributed by atoms with Gasteiger partial charge in [-0.1, -0.05) is 0 Å². The monoisotopic (exact) mass is 473 g/mol. The second-order valence-electron chi connectivity index (χ2n) is 7.91. The zero-order valence-electron chi connectivity index (χ0n) is 18.5. The van der Waals surface area contributed by atoms with Crippen LogP contribution in [0.1, 0.15) is 17.6 Å². The molecule has 0 spiro atoms. The Kier molecular flexibility index (Phi) is 6.87. The van der Waals surface area contributed by atoms with Crippen molar-refractivity contribution in [3.63, 3.8) is 0 Å². The van der Waals surface area contributed by atoms with Crippen molar-refractivity contribution in [3.05, 3.63) is 41.7 Å². The Balaban J connectivity index is 0.000000868. The molecule has 2 aromatic heterocycles. The topological polar surface area (TPSA) is 116 Å². The van der Waals surface area contributed by atoms with Crippen molar-refractivity contribution in [3.8, 4) is 0 Å². The van der Waals surface area contributed by atoms with Gasteiger partial charge in [0.15, 0.2) is 0 Å². The minimum absolute atomic E-state index is 0.0900. The quantitative estimate of drug-likeness (QED) is 0.501. The van der Waals surface area contributed by atoms with Crippen LogP contribution in [0.3, 0.4) is 0 Å². The normalized spacial score (nSPS) is 15.2. The summed E-state index contributed by atoms with van der Waals surface area (Å²) in [6, 6.07) is 4.39. The van der Waals surface area contributed by atoms with Gasteiger partial charge in [-0.05, 0) is 24.6 Å². The van der Waals surface area contributed by atoms with Gasteiger partial charge in [-0.25, -0.2) is 18.6 Å². The number of amides is 2. The van der Waals surface area contributed by atoms with Gasteiger partial charge in [-0.2, -0.15) is 5.10 Å². The van der Waals surface area contributed by atoms with Gasteiger partial charge in [0.2, 0.25) is 0 Å². The molecule has 5 rings (SSSR count). The number of benzene rings is 1. The van der Waals surface area contributed by atoms with Crippen LogP contribution >= 0.6 is 0 Å². The average molecular weight is 473 g/mol. The van der Waals surface area contributed by atoms with E-state index >= 15 is 0 Å². The number of halogens is 2. The van der Waals surface area contributed by atoms with Gasteiger partial charge in [0.1, 0.15) is 5.82 Å². The summed E-state index contributed by atoms with van der Waals surface area (Å²) in [5.41, 5.74) is 2.42. The van der Waals surface area contributed by atoms with Gasteiger partial charge in [-0.3, -0.25) is 14.4 Å². The molecule has 2 amide bonds. The van der Waals surface area contributed by atoms with E-state index in [-0.39, 0.29) is 17.7 Å². The number of anilines is 3. The number of aromatic nitrogens is 3. The molecule has 180 valence electrons. The summed E-state index contributed by atoms with van der Waals surface area (Å²) in [4.78, 5) is 29.7. The first-order valence-corrected chi connectivity index (χ1v) is 10.8. The summed E-state index contributed by atoms with van der Waals surface area (Å²) in [5.74, 6) is 0.592. The maximum Gasteiger partial charge on any atom is 0.327 e. The first-order chi connectivity index (χ1) is 16.4. The number of nitrogens with zero attached hydrogens (tertiary/aromatic N) is 5. The summed E-state index contributed by atoms with van der Waals surface area (Å²) >= 11 is 0. The molecule has 0 bridgehead atoms. The summed E-state index contributed by atoms with van der Waals surface area (Å²) in [6.07, 6.45) is 1.38. The van der Waals surface area contributed by atoms with E-state index in [0.717, 1.165) is 37.4 Å². The number of hydrogen-bond donors (Lipinski definition) is 3. The van der Waals surface area contributed by atoms with Crippen molar-refractivity contribution in [2.24, 2.45) is 7.05 Å². The fourth-order valence-electron chi connectivity index (χ4n) is 4.36. The fourth-order valence-corrected chi connectivity index (χ4v) is 4.36. The maximum atomic E-state index is 13.7. The van der Waals surface area contributed by atoms with Crippen molar-refractivity contribution < 1.29 is 23.5 Å². The number of fused-ring (bicyclic) bond motifs is 2. The van der Waals surface area contributed by atoms with E-state index < -0.39 is 12.5 Å². The van der Waals surface area contributed by atoms with Crippen molar-refractivity contribution in [2.45, 2.75) is 12.8 Å². The number of pyridine rings is 1. The molecule has 3 aromatic rings. The van der Waals surface area contributed by atoms with Crippen LogP contribution in [0.4, 0.5) is 30.8 Å². The summed E-state index contributed by atoms with van der Waals surface area (Å²) in [5, 5.41) is 17.8. The Morgan fingerprint density at radius 3 is 2.71 bits per heavy atom. The minimum Gasteiger partial charge on any atom is -0.483 e. The second kappa shape index (κ2) is 10.00. The Hall–Kier alpha value is -3.80. The number of carbonyl (C=O) groups excluding carboxylic acids is 1. The Labute approximate surface area is 194 Å². The molecule has 12 heteroatoms. The summed E-state index contributed by atoms with van der Waals surface area (Å²) in [6.45, 7) is 3.82. The van der Waals surface area contributed by atoms with Gasteiger partial charge in [0.05, 0.1) is 11.2 Å². The van der Waals surface area contributed by atoms with Gasteiger partial charge < -0.3 is 20.6 Å². The molecule has 0 unspecified atom stereocenters. The molecule has 34 heavy (non-hydrogen) atoms. The lowest BCUT2D eigenvalue weighted by Crippen LogP contribution is -2.43. The molecule has 0 radical (unpaired) electrons. The Morgan fingerprint density at radius 2 is 2.00 bits per heavy atom. The molecule has 0 aliphatic carbocycles. The zero-order chi connectivity index (χ0) is 24.2. The Bertz CT molecular complexity index is 1190. The smallest absolute Gasteiger partial charge is 0.327 e. The highest BCUT2D eigenvalue weighted by Crippen LogP contribution is 2.35. The molecule has 2 aliphatic rings. The number of alkyl halides is 2. The molecule has 1 aromatic carbocycles.